The van der Waals surface area contributed by atoms with Crippen LogP contribution in [0.4, 0.5) is 17.1 Å². The molecule has 6 nitrogen and oxygen atoms in total. The lowest BCUT2D eigenvalue weighted by Crippen LogP contribution is -2.41. The van der Waals surface area contributed by atoms with E-state index in [1.807, 2.05) is 24.3 Å². The van der Waals surface area contributed by atoms with Crippen LogP contribution in [0.25, 0.3) is 0 Å². The van der Waals surface area contributed by atoms with E-state index in [2.05, 4.69) is 10.2 Å². The summed E-state index contributed by atoms with van der Waals surface area (Å²) in [6.45, 7) is 2.21. The second-order valence-electron chi connectivity index (χ2n) is 6.73. The van der Waals surface area contributed by atoms with Gasteiger partial charge in [0.05, 0.1) is 12.2 Å². The van der Waals surface area contributed by atoms with Gasteiger partial charge in [-0.3, -0.25) is 4.79 Å². The number of benzene rings is 2. The normalized spacial score (nSPS) is 16.1. The van der Waals surface area contributed by atoms with Crippen molar-refractivity contribution in [2.75, 3.05) is 41.3 Å². The number of halogens is 1. The smallest absolute Gasteiger partial charge is 0.331 e. The summed E-state index contributed by atoms with van der Waals surface area (Å²) in [5.74, 6) is -0.185. The quantitative estimate of drug-likeness (QED) is 0.646. The van der Waals surface area contributed by atoms with Gasteiger partial charge in [0.2, 0.25) is 5.91 Å². The van der Waals surface area contributed by atoms with Crippen molar-refractivity contribution in [3.8, 4) is 5.75 Å². The van der Waals surface area contributed by atoms with E-state index < -0.39 is 5.97 Å². The number of carbonyl (C=O) groups excluding carboxylic acids is 2. The van der Waals surface area contributed by atoms with Gasteiger partial charge in [0.15, 0.2) is 5.75 Å². The van der Waals surface area contributed by atoms with Gasteiger partial charge in [-0.25, -0.2) is 4.79 Å². The third-order valence-corrected chi connectivity index (χ3v) is 5.00. The summed E-state index contributed by atoms with van der Waals surface area (Å²) in [6.07, 6.45) is 2.45. The Bertz CT molecular complexity index is 863. The van der Waals surface area contributed by atoms with E-state index in [9.17, 15) is 9.59 Å². The van der Waals surface area contributed by atoms with E-state index in [0.29, 0.717) is 16.5 Å². The first-order valence-electron chi connectivity index (χ1n) is 8.98. The van der Waals surface area contributed by atoms with Crippen LogP contribution in [0.2, 0.25) is 5.02 Å². The maximum Gasteiger partial charge on any atom is 0.331 e. The van der Waals surface area contributed by atoms with Crippen LogP contribution in [0.5, 0.6) is 5.75 Å². The Balaban J connectivity index is 1.42. The molecule has 2 aromatic rings. The van der Waals surface area contributed by atoms with Crippen molar-refractivity contribution in [1.82, 2.24) is 0 Å². The summed E-state index contributed by atoms with van der Waals surface area (Å²) in [5.41, 5.74) is 2.54. The van der Waals surface area contributed by atoms with E-state index >= 15 is 0 Å². The molecule has 0 radical (unpaired) electrons. The zero-order chi connectivity index (χ0) is 18.8. The summed E-state index contributed by atoms with van der Waals surface area (Å²) in [6, 6.07) is 12.8. The zero-order valence-corrected chi connectivity index (χ0v) is 15.5. The van der Waals surface area contributed by atoms with Gasteiger partial charge in [-0.2, -0.15) is 0 Å². The molecular formula is C20H20ClN3O3. The molecule has 0 aliphatic carbocycles. The molecule has 0 aromatic heterocycles. The highest BCUT2D eigenvalue weighted by Gasteiger charge is 2.26. The molecular weight excluding hydrogens is 366 g/mol. The Hall–Kier alpha value is -2.73. The monoisotopic (exact) mass is 385 g/mol. The number of carbonyl (C=O) groups is 2. The number of hydrogen-bond acceptors (Lipinski definition) is 5. The predicted octanol–water partition coefficient (Wildman–Crippen LogP) is 3.30. The zero-order valence-electron chi connectivity index (χ0n) is 14.8. The van der Waals surface area contributed by atoms with Gasteiger partial charge in [-0.15, -0.1) is 0 Å². The first-order valence-corrected chi connectivity index (χ1v) is 9.36. The topological polar surface area (TPSA) is 61.9 Å². The number of esters is 1. The molecule has 7 heteroatoms. The van der Waals surface area contributed by atoms with Gasteiger partial charge in [0.1, 0.15) is 6.54 Å². The van der Waals surface area contributed by atoms with Crippen LogP contribution in [0.1, 0.15) is 12.8 Å². The predicted molar refractivity (Wildman–Crippen MR) is 106 cm³/mol. The van der Waals surface area contributed by atoms with Crippen molar-refractivity contribution in [1.29, 1.82) is 0 Å². The van der Waals surface area contributed by atoms with Crippen molar-refractivity contribution >= 4 is 40.5 Å². The van der Waals surface area contributed by atoms with Crippen LogP contribution in [-0.2, 0) is 9.59 Å². The summed E-state index contributed by atoms with van der Waals surface area (Å²) >= 11 is 6.04. The Labute approximate surface area is 162 Å². The lowest BCUT2D eigenvalue weighted by atomic mass is 10.2. The summed E-state index contributed by atoms with van der Waals surface area (Å²) < 4.78 is 5.20. The van der Waals surface area contributed by atoms with Gasteiger partial charge >= 0.3 is 5.97 Å². The maximum absolute atomic E-state index is 12.5. The molecule has 2 aliphatic rings. The number of nitrogens with one attached hydrogen (secondary N) is 1. The third kappa shape index (κ3) is 4.01. The molecule has 0 atom stereocenters. The Kier molecular flexibility index (Phi) is 4.90. The third-order valence-electron chi connectivity index (χ3n) is 4.76. The van der Waals surface area contributed by atoms with Crippen LogP contribution in [0.15, 0.2) is 42.5 Å². The van der Waals surface area contributed by atoms with Crippen LogP contribution in [-0.4, -0.2) is 38.1 Å². The Morgan fingerprint density at radius 3 is 2.59 bits per heavy atom. The summed E-state index contributed by atoms with van der Waals surface area (Å²) in [5, 5.41) is 3.41. The number of hydrogen-bond donors (Lipinski definition) is 1. The number of rotatable bonds is 4. The first-order chi connectivity index (χ1) is 13.1. The fourth-order valence-electron chi connectivity index (χ4n) is 3.47. The molecule has 2 aliphatic heterocycles. The van der Waals surface area contributed by atoms with Gasteiger partial charge in [0, 0.05) is 29.5 Å². The van der Waals surface area contributed by atoms with Crippen molar-refractivity contribution < 1.29 is 14.3 Å². The Morgan fingerprint density at radius 1 is 1.11 bits per heavy atom. The van der Waals surface area contributed by atoms with Gasteiger partial charge in [-0.1, -0.05) is 11.6 Å². The van der Waals surface area contributed by atoms with E-state index in [4.69, 9.17) is 16.3 Å². The molecule has 0 spiro atoms. The van der Waals surface area contributed by atoms with Gasteiger partial charge in [0.25, 0.3) is 0 Å². The SMILES string of the molecule is O=C(CN1CC(=O)Oc2ccc(Cl)cc21)Nc1ccc(N2CCCC2)cc1. The highest BCUT2D eigenvalue weighted by atomic mass is 35.5. The van der Waals surface area contributed by atoms with E-state index in [-0.39, 0.29) is 19.0 Å². The minimum absolute atomic E-state index is 0.00859. The van der Waals surface area contributed by atoms with Gasteiger partial charge in [-0.05, 0) is 55.3 Å². The first kappa shape index (κ1) is 17.7. The molecule has 0 bridgehead atoms. The van der Waals surface area contributed by atoms with Crippen LogP contribution < -0.4 is 19.9 Å². The highest BCUT2D eigenvalue weighted by molar-refractivity contribution is 6.31. The number of amides is 1. The number of ether oxygens (including phenoxy) is 1. The number of nitrogens with zero attached hydrogens (tertiary/aromatic N) is 2. The summed E-state index contributed by atoms with van der Waals surface area (Å²) in [7, 11) is 0. The van der Waals surface area contributed by atoms with Crippen LogP contribution in [0, 0.1) is 0 Å². The fourth-order valence-corrected chi connectivity index (χ4v) is 3.63. The molecule has 1 N–H and O–H groups in total. The number of anilines is 3. The fraction of sp³-hybridized carbons (Fsp3) is 0.300. The van der Waals surface area contributed by atoms with Gasteiger partial charge < -0.3 is 19.9 Å². The molecule has 0 unspecified atom stereocenters. The van der Waals surface area contributed by atoms with E-state index in [1.54, 1.807) is 23.1 Å². The summed E-state index contributed by atoms with van der Waals surface area (Å²) in [4.78, 5) is 28.3. The molecule has 2 aromatic carbocycles. The maximum atomic E-state index is 12.5. The number of fused-ring (bicyclic) bond motifs is 1. The minimum Gasteiger partial charge on any atom is -0.423 e. The Morgan fingerprint density at radius 2 is 1.85 bits per heavy atom. The lowest BCUT2D eigenvalue weighted by molar-refractivity contribution is -0.133. The van der Waals surface area contributed by atoms with Crippen molar-refractivity contribution in [2.45, 2.75) is 12.8 Å². The molecule has 1 saturated heterocycles. The molecule has 1 amide bonds. The molecule has 140 valence electrons. The second kappa shape index (κ2) is 7.48. The standard InChI is InChI=1S/C20H20ClN3O3/c21-14-3-8-18-17(11-14)24(13-20(26)27-18)12-19(25)22-15-4-6-16(7-5-15)23-9-1-2-10-23/h3-8,11H,1-2,9-10,12-13H2,(H,22,25). The highest BCUT2D eigenvalue weighted by Crippen LogP contribution is 2.34. The van der Waals surface area contributed by atoms with E-state index in [0.717, 1.165) is 18.8 Å². The average molecular weight is 386 g/mol. The molecule has 2 heterocycles. The second-order valence-corrected chi connectivity index (χ2v) is 7.17. The molecule has 1 fully saturated rings. The average Bonchev–Trinajstić information content (AvgIpc) is 3.17. The molecule has 0 saturated carbocycles. The van der Waals surface area contributed by atoms with Crippen LogP contribution >= 0.6 is 11.6 Å². The van der Waals surface area contributed by atoms with Crippen LogP contribution in [0.3, 0.4) is 0 Å². The van der Waals surface area contributed by atoms with Crippen molar-refractivity contribution in [2.24, 2.45) is 0 Å². The van der Waals surface area contributed by atoms with Crippen molar-refractivity contribution in [3.63, 3.8) is 0 Å². The van der Waals surface area contributed by atoms with E-state index in [1.165, 1.54) is 18.5 Å². The lowest BCUT2D eigenvalue weighted by Gasteiger charge is -2.29. The minimum atomic E-state index is -0.396. The molecule has 27 heavy (non-hydrogen) atoms. The van der Waals surface area contributed by atoms with Crippen molar-refractivity contribution in [3.05, 3.63) is 47.5 Å². The molecule has 4 rings (SSSR count). The largest absolute Gasteiger partial charge is 0.423 e.